The maximum Gasteiger partial charge on any atom is 3.00 e. The second-order valence-corrected chi connectivity index (χ2v) is 8.35. The van der Waals surface area contributed by atoms with Gasteiger partial charge >= 0.3 is 21.7 Å². The molecule has 0 bridgehead atoms. The molecule has 1 N–H and O–H groups in total. The van der Waals surface area contributed by atoms with E-state index in [0.717, 1.165) is 41.2 Å². The molecule has 6 aromatic carbocycles. The van der Waals surface area contributed by atoms with Crippen molar-refractivity contribution in [1.82, 2.24) is 0 Å². The third kappa shape index (κ3) is 13.6. The van der Waals surface area contributed by atoms with Crippen LogP contribution in [0.4, 0.5) is 34.1 Å². The van der Waals surface area contributed by atoms with Crippen LogP contribution in [0.3, 0.4) is 0 Å². The van der Waals surface area contributed by atoms with Gasteiger partial charge in [0.05, 0.1) is 0 Å². The van der Waals surface area contributed by atoms with Crippen molar-refractivity contribution in [2.24, 2.45) is 0 Å². The van der Waals surface area contributed by atoms with E-state index in [0.29, 0.717) is 0 Å². The van der Waals surface area contributed by atoms with Crippen LogP contribution in [0.5, 0.6) is 0 Å². The molecular weight excluding hydrogens is 550 g/mol. The summed E-state index contributed by atoms with van der Waals surface area (Å²) in [5.74, 6) is 0. The molecule has 4 nitrogen and oxygen atoms in total. The zero-order valence-corrected chi connectivity index (χ0v) is 25.2. The first-order valence-corrected chi connectivity index (χ1v) is 13.3. The standard InChI is InChI=1S/3C12H10N.CH4O.Ti/c3*1-3-7-11(8-4-1)13-12-9-5-2-6-10-12;1-2;/h3*1-10H;2H,1H3;/q3*-1;;+3. The molecule has 6 rings (SSSR count). The largest absolute Gasteiger partial charge is 3.00 e. The summed E-state index contributed by atoms with van der Waals surface area (Å²) in [6.45, 7) is 0. The summed E-state index contributed by atoms with van der Waals surface area (Å²) < 4.78 is 0. The molecule has 0 atom stereocenters. The monoisotopic (exact) mass is 584 g/mol. The number of hydrogen-bond donors (Lipinski definition) is 1. The molecule has 0 fully saturated rings. The molecule has 0 amide bonds. The Bertz CT molecular complexity index is 1140. The molecule has 207 valence electrons. The van der Waals surface area contributed by atoms with Crippen molar-refractivity contribution in [2.45, 2.75) is 0 Å². The van der Waals surface area contributed by atoms with Gasteiger partial charge < -0.3 is 21.1 Å². The SMILES string of the molecule is CO.[Ti+3].c1ccc([N-]c2ccccc2)cc1.c1ccc([N-]c2ccccc2)cc1.c1ccc([N-]c2ccccc2)cc1. The van der Waals surface area contributed by atoms with Gasteiger partial charge in [-0.2, -0.15) is 0 Å². The molecule has 6 aromatic rings. The molecule has 0 saturated carbocycles. The fourth-order valence-electron chi connectivity index (χ4n) is 3.46. The summed E-state index contributed by atoms with van der Waals surface area (Å²) in [4.78, 5) is 0. The number of aliphatic hydroxyl groups is 1. The van der Waals surface area contributed by atoms with Crippen molar-refractivity contribution < 1.29 is 26.8 Å². The summed E-state index contributed by atoms with van der Waals surface area (Å²) in [7, 11) is 1.00. The molecule has 0 aliphatic carbocycles. The van der Waals surface area contributed by atoms with Crippen LogP contribution in [-0.2, 0) is 21.7 Å². The van der Waals surface area contributed by atoms with Crippen molar-refractivity contribution >= 4 is 34.1 Å². The molecule has 1 radical (unpaired) electrons. The molecule has 0 unspecified atom stereocenters. The van der Waals surface area contributed by atoms with Crippen LogP contribution in [-0.4, -0.2) is 12.2 Å². The second kappa shape index (κ2) is 21.2. The van der Waals surface area contributed by atoms with E-state index in [2.05, 4.69) is 16.0 Å². The van der Waals surface area contributed by atoms with Crippen molar-refractivity contribution in [3.63, 3.8) is 0 Å². The van der Waals surface area contributed by atoms with Gasteiger partial charge in [0.2, 0.25) is 0 Å². The summed E-state index contributed by atoms with van der Waals surface area (Å²) in [6, 6.07) is 59.7. The molecule has 0 aromatic heterocycles. The van der Waals surface area contributed by atoms with E-state index in [4.69, 9.17) is 5.11 Å². The van der Waals surface area contributed by atoms with Crippen molar-refractivity contribution in [1.29, 1.82) is 0 Å². The summed E-state index contributed by atoms with van der Waals surface area (Å²) in [5, 5.41) is 20.3. The van der Waals surface area contributed by atoms with Crippen LogP contribution in [0.15, 0.2) is 182 Å². The molecule has 0 saturated heterocycles. The molecule has 0 aliphatic heterocycles. The first-order chi connectivity index (χ1) is 20.3. The summed E-state index contributed by atoms with van der Waals surface area (Å²) in [5.41, 5.74) is 5.97. The Labute approximate surface area is 265 Å². The fourth-order valence-corrected chi connectivity index (χ4v) is 3.46. The van der Waals surface area contributed by atoms with Gasteiger partial charge in [0.1, 0.15) is 0 Å². The minimum atomic E-state index is 0. The van der Waals surface area contributed by atoms with Gasteiger partial charge in [-0.1, -0.05) is 182 Å². The van der Waals surface area contributed by atoms with Gasteiger partial charge in [-0.3, -0.25) is 0 Å². The van der Waals surface area contributed by atoms with Crippen LogP contribution in [0, 0.1) is 0 Å². The van der Waals surface area contributed by atoms with Crippen LogP contribution in [0.25, 0.3) is 16.0 Å². The molecular formula is C37H34N3OTi. The maximum absolute atomic E-state index is 7.00. The van der Waals surface area contributed by atoms with Gasteiger partial charge in [-0.25, -0.2) is 0 Å². The average Bonchev–Trinajstić information content (AvgIpc) is 3.06. The number of nitrogens with zero attached hydrogens (tertiary/aromatic N) is 3. The van der Waals surface area contributed by atoms with Crippen LogP contribution < -0.4 is 0 Å². The van der Waals surface area contributed by atoms with Crippen LogP contribution in [0.1, 0.15) is 0 Å². The Morgan fingerprint density at radius 1 is 0.262 bits per heavy atom. The minimum Gasteiger partial charge on any atom is -0.658 e. The number of para-hydroxylation sites is 6. The van der Waals surface area contributed by atoms with E-state index in [1.807, 2.05) is 182 Å². The zero-order valence-electron chi connectivity index (χ0n) is 23.6. The minimum absolute atomic E-state index is 0. The van der Waals surface area contributed by atoms with E-state index in [1.165, 1.54) is 0 Å². The van der Waals surface area contributed by atoms with Crippen molar-refractivity contribution in [2.75, 3.05) is 7.11 Å². The summed E-state index contributed by atoms with van der Waals surface area (Å²) in [6.07, 6.45) is 0. The van der Waals surface area contributed by atoms with E-state index in [9.17, 15) is 0 Å². The van der Waals surface area contributed by atoms with E-state index >= 15 is 0 Å². The van der Waals surface area contributed by atoms with E-state index in [1.54, 1.807) is 0 Å². The Morgan fingerprint density at radius 2 is 0.381 bits per heavy atom. The summed E-state index contributed by atoms with van der Waals surface area (Å²) >= 11 is 0. The first-order valence-electron chi connectivity index (χ1n) is 13.3. The predicted octanol–water partition coefficient (Wildman–Crippen LogP) is 11.7. The number of benzene rings is 6. The average molecular weight is 585 g/mol. The smallest absolute Gasteiger partial charge is 0.658 e. The normalized spacial score (nSPS) is 9.00. The molecule has 0 spiro atoms. The van der Waals surface area contributed by atoms with Crippen LogP contribution in [0.2, 0.25) is 0 Å². The van der Waals surface area contributed by atoms with Gasteiger partial charge in [0.15, 0.2) is 0 Å². The Morgan fingerprint density at radius 3 is 0.500 bits per heavy atom. The van der Waals surface area contributed by atoms with Crippen molar-refractivity contribution in [3.05, 3.63) is 198 Å². The number of rotatable bonds is 6. The van der Waals surface area contributed by atoms with Gasteiger partial charge in [-0.15, -0.1) is 34.1 Å². The Balaban J connectivity index is 0.000000211. The van der Waals surface area contributed by atoms with Gasteiger partial charge in [0.25, 0.3) is 0 Å². The maximum atomic E-state index is 7.00. The topological polar surface area (TPSA) is 62.5 Å². The third-order valence-electron chi connectivity index (χ3n) is 5.31. The molecule has 42 heavy (non-hydrogen) atoms. The van der Waals surface area contributed by atoms with Crippen molar-refractivity contribution in [3.8, 4) is 0 Å². The number of hydrogen-bond acceptors (Lipinski definition) is 1. The molecule has 0 aliphatic rings. The molecule has 5 heteroatoms. The van der Waals surface area contributed by atoms with Crippen LogP contribution >= 0.6 is 0 Å². The zero-order chi connectivity index (χ0) is 28.8. The molecule has 0 heterocycles. The van der Waals surface area contributed by atoms with Gasteiger partial charge in [0, 0.05) is 7.11 Å². The van der Waals surface area contributed by atoms with Gasteiger partial charge in [-0.05, 0) is 0 Å². The first kappa shape index (κ1) is 33.6. The Hall–Kier alpha value is -4.61. The fraction of sp³-hybridized carbons (Fsp3) is 0.0270. The third-order valence-corrected chi connectivity index (χ3v) is 5.31. The predicted molar refractivity (Wildman–Crippen MR) is 175 cm³/mol. The quantitative estimate of drug-likeness (QED) is 0.195. The van der Waals surface area contributed by atoms with E-state index < -0.39 is 0 Å². The number of aliphatic hydroxyl groups excluding tert-OH is 1. The Kier molecular flexibility index (Phi) is 16.9. The van der Waals surface area contributed by atoms with E-state index in [-0.39, 0.29) is 21.7 Å². The second-order valence-electron chi connectivity index (χ2n) is 8.35.